The van der Waals surface area contributed by atoms with Crippen LogP contribution in [0.5, 0.6) is 10.8 Å². The molecule has 0 atom stereocenters. The van der Waals surface area contributed by atoms with E-state index in [-0.39, 0.29) is 11.2 Å². The van der Waals surface area contributed by atoms with Gasteiger partial charge < -0.3 is 9.64 Å². The molecule has 4 rings (SSSR count). The minimum absolute atomic E-state index is 0.246. The number of amidine groups is 1. The number of aliphatic imine (C=N–C) groups is 1. The molecule has 1 fully saturated rings. The van der Waals surface area contributed by atoms with E-state index in [0.717, 1.165) is 60.6 Å². The van der Waals surface area contributed by atoms with Crippen molar-refractivity contribution in [3.63, 3.8) is 0 Å². The highest BCUT2D eigenvalue weighted by molar-refractivity contribution is 7.14. The Labute approximate surface area is 177 Å². The molecule has 29 heavy (non-hydrogen) atoms. The molecular weight excluding hydrogens is 382 g/mol. The SMILES string of the molecule is CC(=O)C(C)(C)CN1CCN(C2=Nc3ccc(C)cc3Oc3sc(C)cc32)CC1. The van der Waals surface area contributed by atoms with E-state index >= 15 is 0 Å². The Morgan fingerprint density at radius 2 is 1.90 bits per heavy atom. The van der Waals surface area contributed by atoms with Gasteiger partial charge in [-0.3, -0.25) is 9.69 Å². The fraction of sp³-hybridized carbons (Fsp3) is 0.478. The summed E-state index contributed by atoms with van der Waals surface area (Å²) in [4.78, 5) is 22.9. The van der Waals surface area contributed by atoms with Crippen LogP contribution in [-0.4, -0.2) is 54.1 Å². The number of Topliss-reactive ketones (excluding diaryl/α,β-unsaturated/α-hetero) is 1. The van der Waals surface area contributed by atoms with Gasteiger partial charge in [0.15, 0.2) is 10.8 Å². The van der Waals surface area contributed by atoms with Gasteiger partial charge in [0.25, 0.3) is 0 Å². The second kappa shape index (κ2) is 7.58. The van der Waals surface area contributed by atoms with Crippen LogP contribution in [0.1, 0.15) is 36.8 Å². The molecule has 2 aliphatic rings. The van der Waals surface area contributed by atoms with Crippen molar-refractivity contribution >= 4 is 28.6 Å². The van der Waals surface area contributed by atoms with E-state index in [1.54, 1.807) is 18.3 Å². The van der Waals surface area contributed by atoms with Crippen LogP contribution in [0.25, 0.3) is 0 Å². The zero-order valence-electron chi connectivity index (χ0n) is 17.9. The maximum Gasteiger partial charge on any atom is 0.192 e. The minimum atomic E-state index is -0.301. The first kappa shape index (κ1) is 20.1. The number of thiophene rings is 1. The fourth-order valence-electron chi connectivity index (χ4n) is 3.82. The third-order valence-electron chi connectivity index (χ3n) is 5.85. The van der Waals surface area contributed by atoms with Crippen molar-refractivity contribution in [1.29, 1.82) is 0 Å². The van der Waals surface area contributed by atoms with Crippen LogP contribution in [0.3, 0.4) is 0 Å². The molecule has 2 aliphatic heterocycles. The van der Waals surface area contributed by atoms with Crippen molar-refractivity contribution < 1.29 is 9.53 Å². The van der Waals surface area contributed by atoms with Gasteiger partial charge in [-0.25, -0.2) is 4.99 Å². The summed E-state index contributed by atoms with van der Waals surface area (Å²) < 4.78 is 6.27. The molecule has 6 heteroatoms. The lowest BCUT2D eigenvalue weighted by atomic mass is 9.88. The Balaban J connectivity index is 1.59. The quantitative estimate of drug-likeness (QED) is 0.729. The van der Waals surface area contributed by atoms with Crippen molar-refractivity contribution in [3.8, 4) is 10.8 Å². The molecule has 0 amide bonds. The van der Waals surface area contributed by atoms with E-state index in [1.165, 1.54) is 10.4 Å². The van der Waals surface area contributed by atoms with E-state index < -0.39 is 0 Å². The number of aryl methyl sites for hydroxylation is 2. The lowest BCUT2D eigenvalue weighted by Crippen LogP contribution is -2.51. The van der Waals surface area contributed by atoms with Gasteiger partial charge >= 0.3 is 0 Å². The first-order chi connectivity index (χ1) is 13.7. The molecule has 5 nitrogen and oxygen atoms in total. The van der Waals surface area contributed by atoms with Gasteiger partial charge in [-0.15, -0.1) is 11.3 Å². The Hall–Kier alpha value is -2.18. The van der Waals surface area contributed by atoms with Crippen LogP contribution in [0.2, 0.25) is 0 Å². The summed E-state index contributed by atoms with van der Waals surface area (Å²) in [5, 5.41) is 0.922. The maximum absolute atomic E-state index is 11.9. The lowest BCUT2D eigenvalue weighted by Gasteiger charge is -2.39. The van der Waals surface area contributed by atoms with Crippen molar-refractivity contribution in [2.45, 2.75) is 34.6 Å². The molecule has 1 aromatic heterocycles. The molecule has 0 N–H and O–H groups in total. The van der Waals surface area contributed by atoms with E-state index in [0.29, 0.717) is 0 Å². The smallest absolute Gasteiger partial charge is 0.192 e. The molecule has 154 valence electrons. The number of hydrogen-bond acceptors (Lipinski definition) is 6. The number of piperazine rings is 1. The summed E-state index contributed by atoms with van der Waals surface area (Å²) in [7, 11) is 0. The molecule has 0 saturated carbocycles. The number of ketones is 1. The van der Waals surface area contributed by atoms with Gasteiger partial charge in [-0.2, -0.15) is 0 Å². The van der Waals surface area contributed by atoms with Crippen molar-refractivity contribution in [1.82, 2.24) is 9.80 Å². The average molecular weight is 412 g/mol. The number of ether oxygens (including phenoxy) is 1. The number of rotatable bonds is 3. The second-order valence-electron chi connectivity index (χ2n) is 8.77. The van der Waals surface area contributed by atoms with Gasteiger partial charge in [-0.05, 0) is 44.5 Å². The monoisotopic (exact) mass is 411 g/mol. The Kier molecular flexibility index (Phi) is 5.25. The van der Waals surface area contributed by atoms with Gasteiger partial charge in [0.1, 0.15) is 17.3 Å². The topological polar surface area (TPSA) is 45.1 Å². The van der Waals surface area contributed by atoms with Crippen LogP contribution >= 0.6 is 11.3 Å². The van der Waals surface area contributed by atoms with E-state index in [2.05, 4.69) is 41.8 Å². The fourth-order valence-corrected chi connectivity index (χ4v) is 4.68. The number of carbonyl (C=O) groups is 1. The van der Waals surface area contributed by atoms with Crippen molar-refractivity contribution in [3.05, 3.63) is 40.3 Å². The summed E-state index contributed by atoms with van der Waals surface area (Å²) in [5.41, 5.74) is 2.83. The lowest BCUT2D eigenvalue weighted by molar-refractivity contribution is -0.126. The number of fused-ring (bicyclic) bond motifs is 2. The first-order valence-corrected chi connectivity index (χ1v) is 11.0. The molecule has 0 spiro atoms. The second-order valence-corrected chi connectivity index (χ2v) is 9.99. The molecule has 2 aromatic rings. The number of carbonyl (C=O) groups excluding carboxylic acids is 1. The number of benzene rings is 1. The molecule has 3 heterocycles. The predicted molar refractivity (Wildman–Crippen MR) is 119 cm³/mol. The standard InChI is InChI=1S/C23H29N3O2S/c1-15-6-7-19-20(12-15)28-22-18(13-16(2)29-22)21(24-19)26-10-8-25(9-11-26)14-23(4,5)17(3)27/h6-7,12-13H,8-11,14H2,1-5H3. The summed E-state index contributed by atoms with van der Waals surface area (Å²) in [5.74, 6) is 2.07. The zero-order chi connectivity index (χ0) is 20.8. The van der Waals surface area contributed by atoms with Gasteiger partial charge in [0.05, 0.1) is 5.56 Å². The molecule has 0 radical (unpaired) electrons. The summed E-state index contributed by atoms with van der Waals surface area (Å²) in [6.07, 6.45) is 0. The minimum Gasteiger partial charge on any atom is -0.444 e. The van der Waals surface area contributed by atoms with Crippen molar-refractivity contribution in [2.75, 3.05) is 32.7 Å². The van der Waals surface area contributed by atoms with E-state index in [9.17, 15) is 4.79 Å². The molecule has 0 unspecified atom stereocenters. The van der Waals surface area contributed by atoms with Gasteiger partial charge in [0.2, 0.25) is 0 Å². The van der Waals surface area contributed by atoms with Gasteiger partial charge in [0, 0.05) is 43.0 Å². The molecular formula is C23H29N3O2S. The molecule has 1 saturated heterocycles. The first-order valence-electron chi connectivity index (χ1n) is 10.2. The molecule has 0 bridgehead atoms. The molecule has 1 aromatic carbocycles. The zero-order valence-corrected chi connectivity index (χ0v) is 18.7. The van der Waals surface area contributed by atoms with Crippen LogP contribution < -0.4 is 4.74 Å². The van der Waals surface area contributed by atoms with Crippen molar-refractivity contribution in [2.24, 2.45) is 10.4 Å². The van der Waals surface area contributed by atoms with E-state index in [1.807, 2.05) is 19.9 Å². The highest BCUT2D eigenvalue weighted by Crippen LogP contribution is 2.42. The Morgan fingerprint density at radius 1 is 1.17 bits per heavy atom. The number of hydrogen-bond donors (Lipinski definition) is 0. The van der Waals surface area contributed by atoms with Crippen LogP contribution in [0.4, 0.5) is 5.69 Å². The average Bonchev–Trinajstić information content (AvgIpc) is 2.94. The number of nitrogens with zero attached hydrogens (tertiary/aromatic N) is 3. The summed E-state index contributed by atoms with van der Waals surface area (Å²) in [6.45, 7) is 14.4. The maximum atomic E-state index is 11.9. The normalized spacial score (nSPS) is 17.1. The van der Waals surface area contributed by atoms with Gasteiger partial charge in [-0.1, -0.05) is 19.9 Å². The van der Waals surface area contributed by atoms with Crippen LogP contribution in [0, 0.1) is 19.3 Å². The molecule has 0 aliphatic carbocycles. The highest BCUT2D eigenvalue weighted by Gasteiger charge is 2.31. The van der Waals surface area contributed by atoms with Crippen LogP contribution in [-0.2, 0) is 4.79 Å². The Bertz CT molecular complexity index is 968. The summed E-state index contributed by atoms with van der Waals surface area (Å²) in [6, 6.07) is 8.36. The third-order valence-corrected chi connectivity index (χ3v) is 6.78. The van der Waals surface area contributed by atoms with E-state index in [4.69, 9.17) is 9.73 Å². The van der Waals surface area contributed by atoms with Crippen LogP contribution in [0.15, 0.2) is 29.3 Å². The third kappa shape index (κ3) is 4.09. The summed E-state index contributed by atoms with van der Waals surface area (Å²) >= 11 is 1.67. The highest BCUT2D eigenvalue weighted by atomic mass is 32.1. The Morgan fingerprint density at radius 3 is 2.59 bits per heavy atom. The largest absolute Gasteiger partial charge is 0.444 e. The predicted octanol–water partition coefficient (Wildman–Crippen LogP) is 4.78.